The second kappa shape index (κ2) is 10.4. The van der Waals surface area contributed by atoms with Gasteiger partial charge in [0.05, 0.1) is 20.2 Å². The van der Waals surface area contributed by atoms with E-state index in [2.05, 4.69) is 19.6 Å². The van der Waals surface area contributed by atoms with Crippen molar-refractivity contribution in [3.63, 3.8) is 0 Å². The van der Waals surface area contributed by atoms with Gasteiger partial charge in [0.1, 0.15) is 5.60 Å². The molecule has 0 radical (unpaired) electrons. The molecule has 2 rings (SSSR count). The van der Waals surface area contributed by atoms with Crippen LogP contribution in [0, 0.1) is 0 Å². The van der Waals surface area contributed by atoms with E-state index in [0.717, 1.165) is 5.56 Å². The number of esters is 1. The molecule has 0 saturated heterocycles. The third kappa shape index (κ3) is 8.76. The van der Waals surface area contributed by atoms with Crippen LogP contribution in [-0.2, 0) is 16.1 Å². The van der Waals surface area contributed by atoms with E-state index in [1.54, 1.807) is 29.3 Å². The lowest BCUT2D eigenvalue weighted by Crippen LogP contribution is -2.28. The zero-order chi connectivity index (χ0) is 23.1. The van der Waals surface area contributed by atoms with E-state index >= 15 is 0 Å². The van der Waals surface area contributed by atoms with Crippen LogP contribution in [0.5, 0.6) is 0 Å². The van der Waals surface area contributed by atoms with Gasteiger partial charge in [-0.2, -0.15) is 0 Å². The highest BCUT2D eigenvalue weighted by Gasteiger charge is 2.22. The summed E-state index contributed by atoms with van der Waals surface area (Å²) < 4.78 is 5.60. The van der Waals surface area contributed by atoms with Crippen LogP contribution in [0.15, 0.2) is 84.2 Å². The Kier molecular flexibility index (Phi) is 8.17. The fourth-order valence-corrected chi connectivity index (χ4v) is 4.01. The van der Waals surface area contributed by atoms with Crippen molar-refractivity contribution in [2.45, 2.75) is 52.6 Å². The van der Waals surface area contributed by atoms with Gasteiger partial charge in [0, 0.05) is 11.8 Å². The van der Waals surface area contributed by atoms with E-state index in [9.17, 15) is 9.59 Å². The van der Waals surface area contributed by atoms with Gasteiger partial charge in [-0.15, -0.1) is 0 Å². The minimum atomic E-state index is -1.71. The van der Waals surface area contributed by atoms with Crippen LogP contribution in [0.2, 0.25) is 19.6 Å². The van der Waals surface area contributed by atoms with Gasteiger partial charge in [-0.05, 0) is 44.5 Å². The lowest BCUT2D eigenvalue weighted by Gasteiger charge is -2.22. The highest BCUT2D eigenvalue weighted by atomic mass is 28.3. The standard InChI is InChI=1S/C26H33NO3Si/c1-26(2,3)30-25(29)23(20-31(4,5)6)17-18-27(19-21-13-9-7-10-14-21)24(28)22-15-11-8-12-16-22/h7-18,20H,19H2,1-6H3/b18-17+,23-20-. The first-order valence-electron chi connectivity index (χ1n) is 10.5. The molecule has 0 aromatic heterocycles. The Bertz CT molecular complexity index is 936. The molecule has 0 heterocycles. The molecule has 0 atom stereocenters. The Morgan fingerprint density at radius 2 is 1.48 bits per heavy atom. The third-order valence-electron chi connectivity index (χ3n) is 4.13. The van der Waals surface area contributed by atoms with Gasteiger partial charge in [0.15, 0.2) is 0 Å². The minimum absolute atomic E-state index is 0.128. The topological polar surface area (TPSA) is 46.6 Å². The zero-order valence-corrected chi connectivity index (χ0v) is 20.4. The Balaban J connectivity index is 2.39. The molecular weight excluding hydrogens is 402 g/mol. The summed E-state index contributed by atoms with van der Waals surface area (Å²) in [7, 11) is -1.71. The van der Waals surface area contributed by atoms with Gasteiger partial charge in [0.25, 0.3) is 5.91 Å². The van der Waals surface area contributed by atoms with Gasteiger partial charge in [-0.25, -0.2) is 4.79 Å². The molecule has 0 aliphatic carbocycles. The van der Waals surface area contributed by atoms with Crippen LogP contribution < -0.4 is 0 Å². The van der Waals surface area contributed by atoms with E-state index in [1.807, 2.05) is 75.0 Å². The van der Waals surface area contributed by atoms with E-state index in [0.29, 0.717) is 17.7 Å². The summed E-state index contributed by atoms with van der Waals surface area (Å²) >= 11 is 0. The quantitative estimate of drug-likeness (QED) is 0.232. The molecule has 0 fully saturated rings. The van der Waals surface area contributed by atoms with Crippen molar-refractivity contribution < 1.29 is 14.3 Å². The van der Waals surface area contributed by atoms with E-state index < -0.39 is 13.7 Å². The average Bonchev–Trinajstić information content (AvgIpc) is 2.68. The largest absolute Gasteiger partial charge is 0.456 e. The van der Waals surface area contributed by atoms with Crippen LogP contribution in [0.25, 0.3) is 0 Å². The molecule has 2 aromatic carbocycles. The summed E-state index contributed by atoms with van der Waals surface area (Å²) in [5.41, 5.74) is 3.49. The molecule has 0 aliphatic rings. The lowest BCUT2D eigenvalue weighted by atomic mass is 10.1. The van der Waals surface area contributed by atoms with Crippen molar-refractivity contribution in [3.05, 3.63) is 95.3 Å². The molecule has 164 valence electrons. The molecule has 1 amide bonds. The van der Waals surface area contributed by atoms with Gasteiger partial charge in [0.2, 0.25) is 0 Å². The molecule has 0 N–H and O–H groups in total. The van der Waals surface area contributed by atoms with Crippen molar-refractivity contribution in [1.29, 1.82) is 0 Å². The molecule has 4 nitrogen and oxygen atoms in total. The molecule has 31 heavy (non-hydrogen) atoms. The summed E-state index contributed by atoms with van der Waals surface area (Å²) in [6, 6.07) is 18.9. The number of amides is 1. The van der Waals surface area contributed by atoms with Crippen LogP contribution in [0.4, 0.5) is 0 Å². The summed E-state index contributed by atoms with van der Waals surface area (Å²) in [4.78, 5) is 27.6. The first-order valence-corrected chi connectivity index (χ1v) is 14.1. The van der Waals surface area contributed by atoms with Crippen LogP contribution >= 0.6 is 0 Å². The molecule has 0 spiro atoms. The first-order chi connectivity index (χ1) is 14.4. The predicted octanol–water partition coefficient (Wildman–Crippen LogP) is 5.99. The summed E-state index contributed by atoms with van der Waals surface area (Å²) in [5.74, 6) is -0.504. The number of ether oxygens (including phenoxy) is 1. The third-order valence-corrected chi connectivity index (χ3v) is 5.31. The minimum Gasteiger partial charge on any atom is -0.456 e. The van der Waals surface area contributed by atoms with Crippen molar-refractivity contribution in [3.8, 4) is 0 Å². The van der Waals surface area contributed by atoms with Crippen molar-refractivity contribution in [2.75, 3.05) is 0 Å². The summed E-state index contributed by atoms with van der Waals surface area (Å²) in [6.45, 7) is 12.4. The number of carbonyl (C=O) groups excluding carboxylic acids is 2. The SMILES string of the molecule is CC(C)(C)OC(=O)C(=C\[Si](C)(C)C)/C=C/N(Cc1ccccc1)C(=O)c1ccccc1. The summed E-state index contributed by atoms with van der Waals surface area (Å²) in [5, 5.41) is 0. The fraction of sp³-hybridized carbons (Fsp3) is 0.308. The Hall–Kier alpha value is -2.92. The van der Waals surface area contributed by atoms with Crippen molar-refractivity contribution in [2.24, 2.45) is 0 Å². The zero-order valence-electron chi connectivity index (χ0n) is 19.4. The second-order valence-electron chi connectivity index (χ2n) is 9.57. The maximum absolute atomic E-state index is 13.2. The van der Waals surface area contributed by atoms with Crippen molar-refractivity contribution >= 4 is 20.0 Å². The normalized spacial score (nSPS) is 12.6. The van der Waals surface area contributed by atoms with E-state index in [4.69, 9.17) is 4.74 Å². The smallest absolute Gasteiger partial charge is 0.337 e. The first kappa shape index (κ1) is 24.3. The fourth-order valence-electron chi connectivity index (χ4n) is 2.87. The Labute approximate surface area is 187 Å². The number of carbonyl (C=O) groups is 2. The highest BCUT2D eigenvalue weighted by molar-refractivity contribution is 6.81. The van der Waals surface area contributed by atoms with Crippen LogP contribution in [0.3, 0.4) is 0 Å². The number of nitrogens with zero attached hydrogens (tertiary/aromatic N) is 1. The highest BCUT2D eigenvalue weighted by Crippen LogP contribution is 2.17. The number of benzene rings is 2. The maximum atomic E-state index is 13.2. The van der Waals surface area contributed by atoms with Gasteiger partial charge < -0.3 is 9.64 Å². The van der Waals surface area contributed by atoms with Crippen LogP contribution in [-0.4, -0.2) is 30.5 Å². The Morgan fingerprint density at radius 1 is 0.935 bits per heavy atom. The summed E-state index contributed by atoms with van der Waals surface area (Å²) in [6.07, 6.45) is 3.40. The van der Waals surface area contributed by atoms with E-state index in [-0.39, 0.29) is 11.9 Å². The lowest BCUT2D eigenvalue weighted by molar-refractivity contribution is -0.149. The molecule has 0 bridgehead atoms. The molecule has 2 aromatic rings. The Morgan fingerprint density at radius 3 is 2.00 bits per heavy atom. The van der Waals surface area contributed by atoms with Gasteiger partial charge >= 0.3 is 5.97 Å². The molecule has 0 unspecified atom stereocenters. The number of hydrogen-bond acceptors (Lipinski definition) is 3. The molecular formula is C26H33NO3Si. The van der Waals surface area contributed by atoms with Crippen molar-refractivity contribution in [1.82, 2.24) is 4.90 Å². The monoisotopic (exact) mass is 435 g/mol. The van der Waals surface area contributed by atoms with Gasteiger partial charge in [-0.1, -0.05) is 73.9 Å². The maximum Gasteiger partial charge on any atom is 0.337 e. The predicted molar refractivity (Wildman–Crippen MR) is 129 cm³/mol. The number of rotatable bonds is 7. The number of hydrogen-bond donors (Lipinski definition) is 0. The van der Waals surface area contributed by atoms with Crippen LogP contribution in [0.1, 0.15) is 36.7 Å². The molecule has 0 aliphatic heterocycles. The van der Waals surface area contributed by atoms with Gasteiger partial charge in [-0.3, -0.25) is 4.79 Å². The molecule has 0 saturated carbocycles. The van der Waals surface area contributed by atoms with E-state index in [1.165, 1.54) is 0 Å². The molecule has 5 heteroatoms. The second-order valence-corrected chi connectivity index (χ2v) is 14.6. The average molecular weight is 436 g/mol.